The Hall–Kier alpha value is -1.95. The SMILES string of the molecule is C=C1CCC[C@]2(C)C[C@H]3OC(=O)[C@@H](CN4CCN(c5ncccn5)CC4)[C@@H]3C[C@@H]12. The van der Waals surface area contributed by atoms with Gasteiger partial charge in [-0.25, -0.2) is 9.97 Å². The molecule has 0 spiro atoms. The van der Waals surface area contributed by atoms with Gasteiger partial charge < -0.3 is 9.64 Å². The predicted octanol–water partition coefficient (Wildman–Crippen LogP) is 2.91. The Morgan fingerprint density at radius 2 is 2.00 bits per heavy atom. The molecule has 6 nitrogen and oxygen atoms in total. The van der Waals surface area contributed by atoms with E-state index >= 15 is 0 Å². The van der Waals surface area contributed by atoms with E-state index in [1.165, 1.54) is 18.4 Å². The first-order chi connectivity index (χ1) is 14.0. The van der Waals surface area contributed by atoms with Gasteiger partial charge in [0.05, 0.1) is 5.92 Å². The van der Waals surface area contributed by atoms with Gasteiger partial charge in [0.25, 0.3) is 0 Å². The number of rotatable bonds is 3. The smallest absolute Gasteiger partial charge is 0.310 e. The molecule has 4 fully saturated rings. The molecular weight excluding hydrogens is 364 g/mol. The van der Waals surface area contributed by atoms with Gasteiger partial charge in [-0.05, 0) is 49.5 Å². The Kier molecular flexibility index (Phi) is 4.85. The highest BCUT2D eigenvalue weighted by Gasteiger charge is 2.55. The number of hydrogen-bond donors (Lipinski definition) is 0. The van der Waals surface area contributed by atoms with Crippen LogP contribution < -0.4 is 4.90 Å². The van der Waals surface area contributed by atoms with E-state index < -0.39 is 0 Å². The van der Waals surface area contributed by atoms with Crippen LogP contribution in [0, 0.1) is 23.2 Å². The Morgan fingerprint density at radius 3 is 2.76 bits per heavy atom. The van der Waals surface area contributed by atoms with Crippen LogP contribution in [0.1, 0.15) is 39.0 Å². The highest BCUT2D eigenvalue weighted by Crippen LogP contribution is 2.56. The summed E-state index contributed by atoms with van der Waals surface area (Å²) in [5, 5.41) is 0. The molecule has 0 N–H and O–H groups in total. The van der Waals surface area contributed by atoms with Crippen LogP contribution >= 0.6 is 0 Å². The Bertz CT molecular complexity index is 776. The molecule has 29 heavy (non-hydrogen) atoms. The fourth-order valence-corrected chi connectivity index (χ4v) is 6.33. The quantitative estimate of drug-likeness (QED) is 0.578. The number of fused-ring (bicyclic) bond motifs is 2. The summed E-state index contributed by atoms with van der Waals surface area (Å²) in [5.41, 5.74) is 1.68. The van der Waals surface area contributed by atoms with Crippen molar-refractivity contribution in [2.24, 2.45) is 23.2 Å². The van der Waals surface area contributed by atoms with Crippen molar-refractivity contribution in [3.63, 3.8) is 0 Å². The molecule has 2 saturated heterocycles. The van der Waals surface area contributed by atoms with Crippen molar-refractivity contribution in [1.82, 2.24) is 14.9 Å². The summed E-state index contributed by atoms with van der Waals surface area (Å²) in [6.45, 7) is 11.3. The number of esters is 1. The molecule has 5 atom stereocenters. The molecule has 2 saturated carbocycles. The number of ether oxygens (including phenoxy) is 1. The topological polar surface area (TPSA) is 58.6 Å². The van der Waals surface area contributed by atoms with Crippen LogP contribution in [0.3, 0.4) is 0 Å². The van der Waals surface area contributed by atoms with Crippen molar-refractivity contribution in [2.75, 3.05) is 37.6 Å². The summed E-state index contributed by atoms with van der Waals surface area (Å²) in [7, 11) is 0. The first kappa shape index (κ1) is 19.0. The van der Waals surface area contributed by atoms with E-state index in [0.29, 0.717) is 11.8 Å². The third kappa shape index (κ3) is 3.45. The van der Waals surface area contributed by atoms with Crippen molar-refractivity contribution >= 4 is 11.9 Å². The maximum Gasteiger partial charge on any atom is 0.310 e. The molecule has 4 aliphatic rings. The lowest BCUT2D eigenvalue weighted by Gasteiger charge is -2.50. The molecule has 156 valence electrons. The average molecular weight is 397 g/mol. The van der Waals surface area contributed by atoms with Gasteiger partial charge in [-0.2, -0.15) is 0 Å². The average Bonchev–Trinajstić information content (AvgIpc) is 3.01. The van der Waals surface area contributed by atoms with Crippen molar-refractivity contribution in [1.29, 1.82) is 0 Å². The second-order valence-electron chi connectivity index (χ2n) is 9.74. The molecule has 6 heteroatoms. The zero-order valence-corrected chi connectivity index (χ0v) is 17.4. The molecule has 3 heterocycles. The van der Waals surface area contributed by atoms with Gasteiger partial charge in [-0.1, -0.05) is 19.1 Å². The summed E-state index contributed by atoms with van der Waals surface area (Å²) in [5.74, 6) is 1.75. The molecule has 0 bridgehead atoms. The lowest BCUT2D eigenvalue weighted by atomic mass is 9.55. The maximum absolute atomic E-state index is 12.8. The minimum Gasteiger partial charge on any atom is -0.462 e. The zero-order valence-electron chi connectivity index (χ0n) is 17.4. The Balaban J connectivity index is 1.23. The zero-order chi connectivity index (χ0) is 20.0. The van der Waals surface area contributed by atoms with Crippen molar-refractivity contribution < 1.29 is 9.53 Å². The Morgan fingerprint density at radius 1 is 1.24 bits per heavy atom. The highest BCUT2D eigenvalue weighted by molar-refractivity contribution is 5.75. The van der Waals surface area contributed by atoms with Crippen LogP contribution in [-0.4, -0.2) is 59.7 Å². The lowest BCUT2D eigenvalue weighted by molar-refractivity contribution is -0.146. The molecule has 1 aromatic rings. The first-order valence-corrected chi connectivity index (χ1v) is 11.2. The molecule has 1 aromatic heterocycles. The minimum atomic E-state index is 0.0128. The number of nitrogens with zero attached hydrogens (tertiary/aromatic N) is 4. The molecule has 0 radical (unpaired) electrons. The van der Waals surface area contributed by atoms with Gasteiger partial charge in [-0.15, -0.1) is 0 Å². The summed E-state index contributed by atoms with van der Waals surface area (Å²) in [6, 6.07) is 1.85. The molecule has 2 aliphatic carbocycles. The lowest BCUT2D eigenvalue weighted by Crippen LogP contribution is -2.50. The van der Waals surface area contributed by atoms with Crippen LogP contribution in [-0.2, 0) is 9.53 Å². The van der Waals surface area contributed by atoms with Crippen molar-refractivity contribution in [3.05, 3.63) is 30.6 Å². The van der Waals surface area contributed by atoms with E-state index in [-0.39, 0.29) is 23.4 Å². The van der Waals surface area contributed by atoms with Crippen LogP contribution in [0.15, 0.2) is 30.6 Å². The second kappa shape index (κ2) is 7.38. The van der Waals surface area contributed by atoms with Crippen LogP contribution in [0.2, 0.25) is 0 Å². The normalized spacial score (nSPS) is 37.8. The standard InChI is InChI=1S/C23H32N4O2/c1-16-5-3-6-23(2)14-20-17(13-19(16)23)18(21(28)29-20)15-26-9-11-27(12-10-26)22-24-7-4-8-25-22/h4,7-8,17-20H,1,3,5-6,9-15H2,2H3/t17-,18-,19-,20+,23+/m0/s1. The maximum atomic E-state index is 12.8. The molecule has 5 rings (SSSR count). The summed E-state index contributed by atoms with van der Waals surface area (Å²) >= 11 is 0. The van der Waals surface area contributed by atoms with E-state index in [0.717, 1.165) is 57.9 Å². The van der Waals surface area contributed by atoms with Crippen LogP contribution in [0.5, 0.6) is 0 Å². The first-order valence-electron chi connectivity index (χ1n) is 11.2. The van der Waals surface area contributed by atoms with Crippen molar-refractivity contribution in [3.8, 4) is 0 Å². The summed E-state index contributed by atoms with van der Waals surface area (Å²) in [4.78, 5) is 26.2. The molecule has 0 unspecified atom stereocenters. The van der Waals surface area contributed by atoms with Crippen molar-refractivity contribution in [2.45, 2.75) is 45.1 Å². The largest absolute Gasteiger partial charge is 0.462 e. The number of carbonyl (C=O) groups excluding carboxylic acids is 1. The highest BCUT2D eigenvalue weighted by atomic mass is 16.6. The number of piperazine rings is 1. The fourth-order valence-electron chi connectivity index (χ4n) is 6.33. The van der Waals surface area contributed by atoms with Gasteiger partial charge in [0.2, 0.25) is 5.95 Å². The summed E-state index contributed by atoms with van der Waals surface area (Å²) < 4.78 is 5.93. The predicted molar refractivity (Wildman–Crippen MR) is 111 cm³/mol. The molecule has 0 amide bonds. The van der Waals surface area contributed by atoms with Crippen LogP contribution in [0.25, 0.3) is 0 Å². The van der Waals surface area contributed by atoms with E-state index in [1.54, 1.807) is 12.4 Å². The van der Waals surface area contributed by atoms with Gasteiger partial charge in [0.1, 0.15) is 6.10 Å². The van der Waals surface area contributed by atoms with E-state index in [1.807, 2.05) is 6.07 Å². The Labute approximate surface area is 173 Å². The summed E-state index contributed by atoms with van der Waals surface area (Å²) in [6.07, 6.45) is 9.41. The minimum absolute atomic E-state index is 0.0128. The number of allylic oxidation sites excluding steroid dienone is 1. The van der Waals surface area contributed by atoms with E-state index in [4.69, 9.17) is 4.74 Å². The van der Waals surface area contributed by atoms with Gasteiger partial charge in [-0.3, -0.25) is 9.69 Å². The van der Waals surface area contributed by atoms with Gasteiger partial charge >= 0.3 is 5.97 Å². The van der Waals surface area contributed by atoms with Gasteiger partial charge in [0, 0.05) is 51.0 Å². The molecule has 0 aromatic carbocycles. The monoisotopic (exact) mass is 396 g/mol. The third-order valence-electron chi connectivity index (χ3n) is 7.98. The fraction of sp³-hybridized carbons (Fsp3) is 0.696. The number of aromatic nitrogens is 2. The number of carbonyl (C=O) groups is 1. The third-order valence-corrected chi connectivity index (χ3v) is 7.98. The van der Waals surface area contributed by atoms with Gasteiger partial charge in [0.15, 0.2) is 0 Å². The van der Waals surface area contributed by atoms with Crippen LogP contribution in [0.4, 0.5) is 5.95 Å². The molecule has 2 aliphatic heterocycles. The second-order valence-corrected chi connectivity index (χ2v) is 9.74. The number of anilines is 1. The van der Waals surface area contributed by atoms with E-state index in [9.17, 15) is 4.79 Å². The number of hydrogen-bond acceptors (Lipinski definition) is 6. The molecular formula is C23H32N4O2. The van der Waals surface area contributed by atoms with E-state index in [2.05, 4.69) is 33.3 Å².